The molecular formula is H3CuNaO5S. The van der Waals surface area contributed by atoms with Crippen molar-refractivity contribution in [1.82, 2.24) is 0 Å². The second-order valence-electron chi connectivity index (χ2n) is 0.502. The van der Waals surface area contributed by atoms with E-state index < -0.39 is 10.4 Å². The number of hydrogen-bond acceptors (Lipinski definition) is 4. The quantitative estimate of drug-likeness (QED) is 0.237. The van der Waals surface area contributed by atoms with Gasteiger partial charge in [0.15, 0.2) is 0 Å². The van der Waals surface area contributed by atoms with Gasteiger partial charge in [-0.1, -0.05) is 4.33 Å². The van der Waals surface area contributed by atoms with E-state index in [1.807, 2.05) is 0 Å². The van der Waals surface area contributed by atoms with Crippen molar-refractivity contribution in [2.45, 2.75) is 0 Å². The van der Waals surface area contributed by atoms with Crippen LogP contribution in [0.15, 0.2) is 0 Å². The predicted molar refractivity (Wildman–Crippen MR) is 22.4 cm³/mol. The molecule has 8 heteroatoms. The Labute approximate surface area is 79.1 Å². The Morgan fingerprint density at radius 2 is 1.50 bits per heavy atom. The van der Waals surface area contributed by atoms with Gasteiger partial charge in [0.1, 0.15) is 0 Å². The first-order valence-electron chi connectivity index (χ1n) is 0.865. The van der Waals surface area contributed by atoms with Gasteiger partial charge in [-0.25, -0.2) is 5.26 Å². The standard InChI is InChI=1S/Cu.Na.H2O5S.H/c;;1-5-6(2,3)4;/h;;1H,(H,2,3,4);. The first-order chi connectivity index (χ1) is 2.56. The van der Waals surface area contributed by atoms with E-state index in [-0.39, 0.29) is 46.6 Å². The molecule has 0 aliphatic carbocycles. The van der Waals surface area contributed by atoms with E-state index in [1.165, 1.54) is 0 Å². The molecule has 51 valence electrons. The average molecular weight is 202 g/mol. The monoisotopic (exact) mass is 201 g/mol. The Hall–Kier alpha value is 1.35. The van der Waals surface area contributed by atoms with Crippen LogP contribution < -0.4 is 0 Å². The summed E-state index contributed by atoms with van der Waals surface area (Å²) >= 11 is 0. The zero-order chi connectivity index (χ0) is 5.21. The van der Waals surface area contributed by atoms with Gasteiger partial charge in [0.25, 0.3) is 0 Å². The molecular weight excluding hydrogens is 199 g/mol. The molecule has 0 bridgehead atoms. The zero-order valence-electron chi connectivity index (χ0n) is 2.83. The molecule has 0 spiro atoms. The molecule has 0 aliphatic rings. The summed E-state index contributed by atoms with van der Waals surface area (Å²) in [5.41, 5.74) is 0. The van der Waals surface area contributed by atoms with Crippen LogP contribution in [0.5, 0.6) is 0 Å². The molecule has 0 saturated carbocycles. The molecule has 0 rings (SSSR count). The van der Waals surface area contributed by atoms with Gasteiger partial charge in [-0.15, -0.1) is 0 Å². The summed E-state index contributed by atoms with van der Waals surface area (Å²) in [5.74, 6) is 0. The van der Waals surface area contributed by atoms with Crippen LogP contribution in [0.1, 0.15) is 0 Å². The van der Waals surface area contributed by atoms with Gasteiger partial charge in [0.2, 0.25) is 0 Å². The molecule has 1 radical (unpaired) electrons. The third-order valence-electron chi connectivity index (χ3n) is 0.0942. The van der Waals surface area contributed by atoms with E-state index in [1.54, 1.807) is 0 Å². The normalized spacial score (nSPS) is 8.75. The Bertz CT molecular complexity index is 114. The van der Waals surface area contributed by atoms with E-state index in [2.05, 4.69) is 4.33 Å². The third-order valence-corrected chi connectivity index (χ3v) is 0.283. The summed E-state index contributed by atoms with van der Waals surface area (Å²) in [6.07, 6.45) is 0. The van der Waals surface area contributed by atoms with Crippen LogP contribution in [0.25, 0.3) is 0 Å². The summed E-state index contributed by atoms with van der Waals surface area (Å²) in [7, 11) is -4.61. The van der Waals surface area contributed by atoms with Gasteiger partial charge in [-0.2, -0.15) is 8.42 Å². The van der Waals surface area contributed by atoms with E-state index >= 15 is 0 Å². The van der Waals surface area contributed by atoms with Crippen molar-refractivity contribution < 1.29 is 39.6 Å². The maximum atomic E-state index is 9.08. The topological polar surface area (TPSA) is 83.8 Å². The van der Waals surface area contributed by atoms with Crippen molar-refractivity contribution in [2.75, 3.05) is 0 Å². The molecule has 0 aromatic heterocycles. The summed E-state index contributed by atoms with van der Waals surface area (Å²) in [4.78, 5) is 0. The Morgan fingerprint density at radius 3 is 1.50 bits per heavy atom. The van der Waals surface area contributed by atoms with E-state index in [0.717, 1.165) is 0 Å². The molecule has 2 N–H and O–H groups in total. The van der Waals surface area contributed by atoms with Gasteiger partial charge < -0.3 is 0 Å². The fraction of sp³-hybridized carbons (Fsp3) is 0. The van der Waals surface area contributed by atoms with Crippen molar-refractivity contribution >= 4 is 40.0 Å². The summed E-state index contributed by atoms with van der Waals surface area (Å²) in [6, 6.07) is 0. The Balaban J connectivity index is -0.000000125. The minimum absolute atomic E-state index is 0. The fourth-order valence-electron chi connectivity index (χ4n) is 0. The molecule has 0 unspecified atom stereocenters. The maximum absolute atomic E-state index is 9.08. The molecule has 0 heterocycles. The molecule has 8 heavy (non-hydrogen) atoms. The third kappa shape index (κ3) is 15.7. The van der Waals surface area contributed by atoms with E-state index in [9.17, 15) is 0 Å². The first-order valence-corrected chi connectivity index (χ1v) is 2.23. The molecule has 0 amide bonds. The predicted octanol–water partition coefficient (Wildman–Crippen LogP) is -1.37. The van der Waals surface area contributed by atoms with Crippen molar-refractivity contribution in [2.24, 2.45) is 0 Å². The molecule has 0 aromatic rings. The minimum atomic E-state index is -4.61. The van der Waals surface area contributed by atoms with Crippen LogP contribution in [0.3, 0.4) is 0 Å². The molecule has 0 fully saturated rings. The van der Waals surface area contributed by atoms with Gasteiger partial charge >= 0.3 is 40.0 Å². The van der Waals surface area contributed by atoms with Crippen LogP contribution in [-0.2, 0) is 31.8 Å². The van der Waals surface area contributed by atoms with Crippen molar-refractivity contribution in [1.29, 1.82) is 0 Å². The van der Waals surface area contributed by atoms with Crippen molar-refractivity contribution in [3.8, 4) is 0 Å². The Morgan fingerprint density at radius 1 is 1.38 bits per heavy atom. The second-order valence-corrected chi connectivity index (χ2v) is 1.51. The molecule has 0 aromatic carbocycles. The number of hydrogen-bond donors (Lipinski definition) is 2. The molecule has 0 atom stereocenters. The molecule has 0 saturated heterocycles. The van der Waals surface area contributed by atoms with Crippen LogP contribution >= 0.6 is 0 Å². The summed E-state index contributed by atoms with van der Waals surface area (Å²) < 4.78 is 28.0. The van der Waals surface area contributed by atoms with Gasteiger partial charge in [0, 0.05) is 17.1 Å². The van der Waals surface area contributed by atoms with Crippen LogP contribution in [-0.4, -0.2) is 47.8 Å². The average Bonchev–Trinajstić information content (AvgIpc) is 1.35. The summed E-state index contributed by atoms with van der Waals surface area (Å²) in [5, 5.41) is 7.06. The molecule has 5 nitrogen and oxygen atoms in total. The van der Waals surface area contributed by atoms with Crippen molar-refractivity contribution in [3.63, 3.8) is 0 Å². The molecule has 0 aliphatic heterocycles. The number of rotatable bonds is 1. The zero-order valence-corrected chi connectivity index (χ0v) is 4.59. The van der Waals surface area contributed by atoms with Crippen molar-refractivity contribution in [3.05, 3.63) is 0 Å². The van der Waals surface area contributed by atoms with Crippen LogP contribution in [0, 0.1) is 0 Å². The van der Waals surface area contributed by atoms with E-state index in [0.29, 0.717) is 0 Å². The van der Waals surface area contributed by atoms with Gasteiger partial charge in [-0.05, 0) is 0 Å². The van der Waals surface area contributed by atoms with Crippen LogP contribution in [0.2, 0.25) is 0 Å². The first kappa shape index (κ1) is 16.2. The van der Waals surface area contributed by atoms with Crippen LogP contribution in [0.4, 0.5) is 0 Å². The fourth-order valence-corrected chi connectivity index (χ4v) is 0. The SMILES string of the molecule is O=S(=O)(O)OO.[Cu].[NaH]. The van der Waals surface area contributed by atoms with Gasteiger partial charge in [-0.3, -0.25) is 4.55 Å². The van der Waals surface area contributed by atoms with Gasteiger partial charge in [0.05, 0.1) is 0 Å². The second kappa shape index (κ2) is 6.47. The van der Waals surface area contributed by atoms with E-state index in [4.69, 9.17) is 18.2 Å². The Kier molecular flexibility index (Phi) is 13.1. The summed E-state index contributed by atoms with van der Waals surface area (Å²) in [6.45, 7) is 0.